The van der Waals surface area contributed by atoms with Gasteiger partial charge in [0.05, 0.1) is 13.7 Å². The van der Waals surface area contributed by atoms with Crippen molar-refractivity contribution in [1.82, 2.24) is 10.6 Å². The quantitative estimate of drug-likeness (QED) is 0.870. The van der Waals surface area contributed by atoms with E-state index in [-0.39, 0.29) is 5.41 Å². The number of guanidine groups is 1. The number of ether oxygens (including phenoxy) is 1. The molecule has 0 amide bonds. The van der Waals surface area contributed by atoms with E-state index in [0.717, 1.165) is 24.8 Å². The fraction of sp³-hybridized carbons (Fsp3) is 0.533. The van der Waals surface area contributed by atoms with Gasteiger partial charge in [0.25, 0.3) is 0 Å². The minimum absolute atomic E-state index is 0.0439. The van der Waals surface area contributed by atoms with Crippen LogP contribution in [0.2, 0.25) is 0 Å². The second-order valence-electron chi connectivity index (χ2n) is 5.70. The van der Waals surface area contributed by atoms with Crippen LogP contribution in [0.5, 0.6) is 5.75 Å². The number of nitrogens with zero attached hydrogens (tertiary/aromatic N) is 1. The second kappa shape index (κ2) is 5.51. The Kier molecular flexibility index (Phi) is 3.98. The Bertz CT molecular complexity index is 451. The highest BCUT2D eigenvalue weighted by atomic mass is 16.5. The summed E-state index contributed by atoms with van der Waals surface area (Å²) < 4.78 is 5.19. The van der Waals surface area contributed by atoms with Gasteiger partial charge in [0, 0.05) is 18.0 Å². The minimum atomic E-state index is 0.0439. The van der Waals surface area contributed by atoms with Gasteiger partial charge in [-0.15, -0.1) is 0 Å². The third-order valence-corrected chi connectivity index (χ3v) is 3.48. The number of rotatable bonds is 4. The standard InChI is InChI=1S/C15H23N3O/c1-11-9-16-14(18-11)17-10-15(2,3)12-5-7-13(19-4)8-6-12/h5-8,11H,9-10H2,1-4H3,(H2,16,17,18). The first kappa shape index (κ1) is 13.7. The Hall–Kier alpha value is -1.71. The second-order valence-corrected chi connectivity index (χ2v) is 5.70. The molecule has 4 nitrogen and oxygen atoms in total. The van der Waals surface area contributed by atoms with Crippen LogP contribution in [-0.4, -0.2) is 32.2 Å². The Morgan fingerprint density at radius 3 is 2.58 bits per heavy atom. The van der Waals surface area contributed by atoms with E-state index < -0.39 is 0 Å². The van der Waals surface area contributed by atoms with Crippen LogP contribution in [0, 0.1) is 0 Å². The monoisotopic (exact) mass is 261 g/mol. The molecule has 1 aliphatic rings. The summed E-state index contributed by atoms with van der Waals surface area (Å²) in [5, 5.41) is 6.70. The molecule has 4 heteroatoms. The maximum absolute atomic E-state index is 5.19. The first-order valence-corrected chi connectivity index (χ1v) is 6.70. The van der Waals surface area contributed by atoms with Crippen LogP contribution in [0.3, 0.4) is 0 Å². The number of hydrogen-bond donors (Lipinski definition) is 2. The van der Waals surface area contributed by atoms with Crippen molar-refractivity contribution in [3.05, 3.63) is 29.8 Å². The average Bonchev–Trinajstić information content (AvgIpc) is 2.82. The molecule has 2 N–H and O–H groups in total. The molecule has 0 spiro atoms. The summed E-state index contributed by atoms with van der Waals surface area (Å²) in [4.78, 5) is 4.42. The van der Waals surface area contributed by atoms with Gasteiger partial charge in [0.1, 0.15) is 5.75 Å². The van der Waals surface area contributed by atoms with Crippen LogP contribution in [-0.2, 0) is 5.41 Å². The molecule has 0 aromatic heterocycles. The van der Waals surface area contributed by atoms with Crippen molar-refractivity contribution in [1.29, 1.82) is 0 Å². The van der Waals surface area contributed by atoms with Gasteiger partial charge >= 0.3 is 0 Å². The number of aliphatic imine (C=N–C) groups is 1. The maximum Gasteiger partial charge on any atom is 0.191 e. The summed E-state index contributed by atoms with van der Waals surface area (Å²) in [7, 11) is 1.69. The van der Waals surface area contributed by atoms with Gasteiger partial charge in [0.2, 0.25) is 0 Å². The van der Waals surface area contributed by atoms with E-state index in [9.17, 15) is 0 Å². The van der Waals surface area contributed by atoms with Crippen molar-refractivity contribution in [2.75, 3.05) is 20.2 Å². The maximum atomic E-state index is 5.19. The fourth-order valence-corrected chi connectivity index (χ4v) is 2.11. The van der Waals surface area contributed by atoms with Crippen molar-refractivity contribution in [3.8, 4) is 5.75 Å². The van der Waals surface area contributed by atoms with Crippen LogP contribution >= 0.6 is 0 Å². The van der Waals surface area contributed by atoms with Gasteiger partial charge < -0.3 is 15.4 Å². The Morgan fingerprint density at radius 1 is 1.37 bits per heavy atom. The van der Waals surface area contributed by atoms with E-state index in [1.165, 1.54) is 5.56 Å². The first-order valence-electron chi connectivity index (χ1n) is 6.70. The molecule has 1 atom stereocenters. The lowest BCUT2D eigenvalue weighted by molar-refractivity contribution is 0.414. The molecule has 19 heavy (non-hydrogen) atoms. The highest BCUT2D eigenvalue weighted by Gasteiger charge is 2.22. The molecule has 1 heterocycles. The van der Waals surface area contributed by atoms with Crippen molar-refractivity contribution in [2.24, 2.45) is 4.99 Å². The highest BCUT2D eigenvalue weighted by Crippen LogP contribution is 2.24. The first-order chi connectivity index (χ1) is 9.01. The van der Waals surface area contributed by atoms with E-state index in [1.807, 2.05) is 12.1 Å². The zero-order valence-corrected chi connectivity index (χ0v) is 12.2. The summed E-state index contributed by atoms with van der Waals surface area (Å²) in [5.74, 6) is 1.80. The molecule has 0 saturated carbocycles. The summed E-state index contributed by atoms with van der Waals surface area (Å²) in [6.45, 7) is 8.28. The van der Waals surface area contributed by atoms with Gasteiger partial charge in [-0.3, -0.25) is 4.99 Å². The number of methoxy groups -OCH3 is 1. The van der Waals surface area contributed by atoms with Crippen molar-refractivity contribution < 1.29 is 4.74 Å². The van der Waals surface area contributed by atoms with E-state index in [4.69, 9.17) is 4.74 Å². The minimum Gasteiger partial charge on any atom is -0.497 e. The lowest BCUT2D eigenvalue weighted by Crippen LogP contribution is -2.43. The van der Waals surface area contributed by atoms with Crippen molar-refractivity contribution in [3.63, 3.8) is 0 Å². The van der Waals surface area contributed by atoms with E-state index in [2.05, 4.69) is 48.5 Å². The predicted octanol–water partition coefficient (Wildman–Crippen LogP) is 1.91. The van der Waals surface area contributed by atoms with Crippen LogP contribution in [0.4, 0.5) is 0 Å². The molecular weight excluding hydrogens is 238 g/mol. The van der Waals surface area contributed by atoms with Crippen LogP contribution in [0.1, 0.15) is 26.3 Å². The molecule has 0 bridgehead atoms. The fourth-order valence-electron chi connectivity index (χ4n) is 2.11. The zero-order valence-electron chi connectivity index (χ0n) is 12.2. The molecule has 1 aromatic rings. The SMILES string of the molecule is COc1ccc(C(C)(C)CNC2=NCC(C)N2)cc1. The molecule has 1 aliphatic heterocycles. The summed E-state index contributed by atoms with van der Waals surface area (Å²) in [5.41, 5.74) is 1.33. The predicted molar refractivity (Wildman–Crippen MR) is 78.9 cm³/mol. The highest BCUT2D eigenvalue weighted by molar-refractivity contribution is 5.81. The lowest BCUT2D eigenvalue weighted by Gasteiger charge is -2.26. The molecule has 0 fully saturated rings. The Balaban J connectivity index is 1.96. The molecule has 104 valence electrons. The molecule has 0 aliphatic carbocycles. The van der Waals surface area contributed by atoms with Gasteiger partial charge in [-0.2, -0.15) is 0 Å². The van der Waals surface area contributed by atoms with Gasteiger partial charge in [-0.1, -0.05) is 26.0 Å². The number of benzene rings is 1. The average molecular weight is 261 g/mol. The van der Waals surface area contributed by atoms with Crippen LogP contribution < -0.4 is 15.4 Å². The Morgan fingerprint density at radius 2 is 2.05 bits per heavy atom. The third kappa shape index (κ3) is 3.40. The van der Waals surface area contributed by atoms with Crippen LogP contribution in [0.25, 0.3) is 0 Å². The summed E-state index contributed by atoms with van der Waals surface area (Å²) >= 11 is 0. The van der Waals surface area contributed by atoms with Crippen LogP contribution in [0.15, 0.2) is 29.3 Å². The normalized spacial score (nSPS) is 18.7. The number of hydrogen-bond acceptors (Lipinski definition) is 4. The Labute approximate surface area is 115 Å². The van der Waals surface area contributed by atoms with Crippen molar-refractivity contribution >= 4 is 5.96 Å². The molecule has 1 unspecified atom stereocenters. The third-order valence-electron chi connectivity index (χ3n) is 3.48. The van der Waals surface area contributed by atoms with Crippen molar-refractivity contribution in [2.45, 2.75) is 32.2 Å². The largest absolute Gasteiger partial charge is 0.497 e. The van der Waals surface area contributed by atoms with E-state index in [0.29, 0.717) is 6.04 Å². The number of nitrogens with one attached hydrogen (secondary N) is 2. The van der Waals surface area contributed by atoms with E-state index in [1.54, 1.807) is 7.11 Å². The zero-order chi connectivity index (χ0) is 13.9. The lowest BCUT2D eigenvalue weighted by atomic mass is 9.84. The van der Waals surface area contributed by atoms with E-state index >= 15 is 0 Å². The van der Waals surface area contributed by atoms with Gasteiger partial charge in [-0.05, 0) is 24.6 Å². The smallest absolute Gasteiger partial charge is 0.191 e. The molecule has 0 saturated heterocycles. The molecule has 2 rings (SSSR count). The molecular formula is C15H23N3O. The molecule has 1 aromatic carbocycles. The summed E-state index contributed by atoms with van der Waals surface area (Å²) in [6, 6.07) is 8.68. The molecule has 0 radical (unpaired) electrons. The van der Waals surface area contributed by atoms with Gasteiger partial charge in [-0.25, -0.2) is 0 Å². The summed E-state index contributed by atoms with van der Waals surface area (Å²) in [6.07, 6.45) is 0. The van der Waals surface area contributed by atoms with Gasteiger partial charge in [0.15, 0.2) is 5.96 Å². The topological polar surface area (TPSA) is 45.6 Å².